The smallest absolute Gasteiger partial charge is 0.254 e. The van der Waals surface area contributed by atoms with Gasteiger partial charge in [-0.25, -0.2) is 4.98 Å². The fourth-order valence-corrected chi connectivity index (χ4v) is 1.70. The molecule has 92 valence electrons. The molecule has 0 saturated carbocycles. The van der Waals surface area contributed by atoms with Gasteiger partial charge in [0.25, 0.3) is 5.91 Å². The molecule has 0 spiro atoms. The van der Waals surface area contributed by atoms with Crippen LogP contribution in [0, 0.1) is 6.92 Å². The number of carbonyl (C=O) groups excluding carboxylic acids is 2. The molecule has 0 aliphatic heterocycles. The molecule has 1 aromatic rings. The number of carbonyl (C=O) groups is 2. The normalized spacial score (nSPS) is 10.1. The van der Waals surface area contributed by atoms with E-state index >= 15 is 0 Å². The van der Waals surface area contributed by atoms with Crippen molar-refractivity contribution in [1.29, 1.82) is 0 Å². The van der Waals surface area contributed by atoms with Gasteiger partial charge in [-0.15, -0.1) is 0 Å². The Morgan fingerprint density at radius 2 is 2.12 bits per heavy atom. The second-order valence-electron chi connectivity index (χ2n) is 3.61. The molecule has 5 nitrogen and oxygen atoms in total. The van der Waals surface area contributed by atoms with Crippen molar-refractivity contribution in [3.8, 4) is 0 Å². The van der Waals surface area contributed by atoms with Gasteiger partial charge < -0.3 is 10.6 Å². The van der Waals surface area contributed by atoms with Gasteiger partial charge in [0.15, 0.2) is 0 Å². The number of nitrogens with two attached hydrogens (primary N) is 1. The highest BCUT2D eigenvalue weighted by Crippen LogP contribution is 2.12. The number of aromatic nitrogens is 1. The van der Waals surface area contributed by atoms with Crippen LogP contribution < -0.4 is 5.73 Å². The van der Waals surface area contributed by atoms with E-state index in [2.05, 4.69) is 4.98 Å². The van der Waals surface area contributed by atoms with E-state index in [9.17, 15) is 9.59 Å². The molecule has 2 N–H and O–H groups in total. The highest BCUT2D eigenvalue weighted by molar-refractivity contribution is 6.29. The van der Waals surface area contributed by atoms with E-state index in [1.807, 2.05) is 0 Å². The van der Waals surface area contributed by atoms with Gasteiger partial charge in [-0.1, -0.05) is 11.6 Å². The summed E-state index contributed by atoms with van der Waals surface area (Å²) in [5.74, 6) is -0.823. The summed E-state index contributed by atoms with van der Waals surface area (Å²) in [6.07, 6.45) is 0. The summed E-state index contributed by atoms with van der Waals surface area (Å²) in [5.41, 5.74) is 6.13. The Kier molecular flexibility index (Phi) is 4.45. The Bertz CT molecular complexity index is 428. The van der Waals surface area contributed by atoms with Gasteiger partial charge in [0, 0.05) is 17.8 Å². The van der Waals surface area contributed by atoms with E-state index in [1.54, 1.807) is 19.9 Å². The van der Waals surface area contributed by atoms with E-state index in [1.165, 1.54) is 11.0 Å². The van der Waals surface area contributed by atoms with E-state index in [4.69, 9.17) is 17.3 Å². The molecule has 1 heterocycles. The molecule has 0 aliphatic carbocycles. The Balaban J connectivity index is 2.97. The summed E-state index contributed by atoms with van der Waals surface area (Å²) in [5, 5.41) is 0.253. The Hall–Kier alpha value is -1.62. The van der Waals surface area contributed by atoms with Crippen LogP contribution in [-0.4, -0.2) is 34.8 Å². The van der Waals surface area contributed by atoms with E-state index in [-0.39, 0.29) is 17.6 Å². The zero-order valence-corrected chi connectivity index (χ0v) is 10.5. The second kappa shape index (κ2) is 5.63. The van der Waals surface area contributed by atoms with Crippen molar-refractivity contribution in [2.45, 2.75) is 13.8 Å². The predicted molar refractivity (Wildman–Crippen MR) is 64.8 cm³/mol. The SMILES string of the molecule is CCN(CC(N)=O)C(=O)c1cc(C)nc(Cl)c1. The van der Waals surface area contributed by atoms with Gasteiger partial charge >= 0.3 is 0 Å². The molecule has 17 heavy (non-hydrogen) atoms. The number of halogens is 1. The molecule has 1 aromatic heterocycles. The fourth-order valence-electron chi connectivity index (χ4n) is 1.45. The van der Waals surface area contributed by atoms with Crippen molar-refractivity contribution in [1.82, 2.24) is 9.88 Å². The number of amides is 2. The van der Waals surface area contributed by atoms with Gasteiger partial charge in [-0.3, -0.25) is 9.59 Å². The maximum Gasteiger partial charge on any atom is 0.254 e. The van der Waals surface area contributed by atoms with E-state index in [0.29, 0.717) is 17.8 Å². The molecule has 0 aromatic carbocycles. The van der Waals surface area contributed by atoms with Gasteiger partial charge in [-0.05, 0) is 26.0 Å². The first-order chi connectivity index (χ1) is 7.93. The van der Waals surface area contributed by atoms with Crippen molar-refractivity contribution in [2.75, 3.05) is 13.1 Å². The van der Waals surface area contributed by atoms with Crippen LogP contribution in [-0.2, 0) is 4.79 Å². The molecule has 6 heteroatoms. The minimum Gasteiger partial charge on any atom is -0.368 e. The van der Waals surface area contributed by atoms with Crippen molar-refractivity contribution < 1.29 is 9.59 Å². The van der Waals surface area contributed by atoms with Crippen LogP contribution in [0.3, 0.4) is 0 Å². The van der Waals surface area contributed by atoms with Gasteiger partial charge in [-0.2, -0.15) is 0 Å². The average Bonchev–Trinajstić information content (AvgIpc) is 2.23. The highest BCUT2D eigenvalue weighted by atomic mass is 35.5. The van der Waals surface area contributed by atoms with Crippen LogP contribution in [0.5, 0.6) is 0 Å². The van der Waals surface area contributed by atoms with Crippen LogP contribution in [0.1, 0.15) is 23.0 Å². The van der Waals surface area contributed by atoms with Gasteiger partial charge in [0.2, 0.25) is 5.91 Å². The van der Waals surface area contributed by atoms with Crippen LogP contribution in [0.4, 0.5) is 0 Å². The van der Waals surface area contributed by atoms with Crippen molar-refractivity contribution >= 4 is 23.4 Å². The molecule has 0 fully saturated rings. The summed E-state index contributed by atoms with van der Waals surface area (Å²) in [6.45, 7) is 3.82. The Labute approximate surface area is 105 Å². The van der Waals surface area contributed by atoms with Gasteiger partial charge in [0.1, 0.15) is 5.15 Å². The number of aryl methyl sites for hydroxylation is 1. The topological polar surface area (TPSA) is 76.3 Å². The number of primary amides is 1. The summed E-state index contributed by atoms with van der Waals surface area (Å²) in [6, 6.07) is 3.10. The number of hydrogen-bond acceptors (Lipinski definition) is 3. The molecule has 0 unspecified atom stereocenters. The first kappa shape index (κ1) is 13.4. The van der Waals surface area contributed by atoms with Gasteiger partial charge in [0.05, 0.1) is 6.54 Å². The first-order valence-electron chi connectivity index (χ1n) is 5.15. The lowest BCUT2D eigenvalue weighted by Crippen LogP contribution is -2.38. The first-order valence-corrected chi connectivity index (χ1v) is 5.53. The molecule has 1 rings (SSSR count). The average molecular weight is 256 g/mol. The zero-order chi connectivity index (χ0) is 13.0. The third-order valence-electron chi connectivity index (χ3n) is 2.18. The summed E-state index contributed by atoms with van der Waals surface area (Å²) in [7, 11) is 0. The molecule has 0 radical (unpaired) electrons. The fraction of sp³-hybridized carbons (Fsp3) is 0.364. The monoisotopic (exact) mass is 255 g/mol. The largest absolute Gasteiger partial charge is 0.368 e. The minimum atomic E-state index is -0.544. The number of pyridine rings is 1. The number of rotatable bonds is 4. The predicted octanol–water partition coefficient (Wildman–Crippen LogP) is 0.991. The van der Waals surface area contributed by atoms with Crippen molar-refractivity contribution in [3.63, 3.8) is 0 Å². The standard InChI is InChI=1S/C11H14ClN3O2/c1-3-15(6-10(13)16)11(17)8-4-7(2)14-9(12)5-8/h4-5H,3,6H2,1-2H3,(H2,13,16). The lowest BCUT2D eigenvalue weighted by molar-refractivity contribution is -0.118. The molecule has 0 aliphatic rings. The Morgan fingerprint density at radius 3 is 2.59 bits per heavy atom. The van der Waals surface area contributed by atoms with Crippen molar-refractivity contribution in [3.05, 3.63) is 28.5 Å². The molecular weight excluding hydrogens is 242 g/mol. The zero-order valence-electron chi connectivity index (χ0n) is 9.74. The van der Waals surface area contributed by atoms with Crippen LogP contribution in [0.15, 0.2) is 12.1 Å². The number of likely N-dealkylation sites (N-methyl/N-ethyl adjacent to an activating group) is 1. The van der Waals surface area contributed by atoms with Crippen LogP contribution >= 0.6 is 11.6 Å². The van der Waals surface area contributed by atoms with Crippen LogP contribution in [0.2, 0.25) is 5.15 Å². The lowest BCUT2D eigenvalue weighted by Gasteiger charge is -2.19. The molecular formula is C11H14ClN3O2. The second-order valence-corrected chi connectivity index (χ2v) is 3.99. The summed E-state index contributed by atoms with van der Waals surface area (Å²) < 4.78 is 0. The summed E-state index contributed by atoms with van der Waals surface area (Å²) in [4.78, 5) is 28.2. The highest BCUT2D eigenvalue weighted by Gasteiger charge is 2.16. The quantitative estimate of drug-likeness (QED) is 0.815. The molecule has 0 saturated heterocycles. The Morgan fingerprint density at radius 1 is 1.47 bits per heavy atom. The molecule has 2 amide bonds. The number of hydrogen-bond donors (Lipinski definition) is 1. The number of nitrogens with zero attached hydrogens (tertiary/aromatic N) is 2. The third-order valence-corrected chi connectivity index (χ3v) is 2.38. The maximum atomic E-state index is 12.0. The van der Waals surface area contributed by atoms with E-state index in [0.717, 1.165) is 0 Å². The minimum absolute atomic E-state index is 0.103. The lowest BCUT2D eigenvalue weighted by atomic mass is 10.2. The van der Waals surface area contributed by atoms with Crippen LogP contribution in [0.25, 0.3) is 0 Å². The maximum absolute atomic E-state index is 12.0. The summed E-state index contributed by atoms with van der Waals surface area (Å²) >= 11 is 5.77. The van der Waals surface area contributed by atoms with E-state index < -0.39 is 5.91 Å². The third kappa shape index (κ3) is 3.71. The van der Waals surface area contributed by atoms with Crippen molar-refractivity contribution in [2.24, 2.45) is 5.73 Å². The molecule has 0 bridgehead atoms. The molecule has 0 atom stereocenters.